The van der Waals surface area contributed by atoms with E-state index >= 15 is 0 Å². The van der Waals surface area contributed by atoms with E-state index in [9.17, 15) is 4.79 Å². The molecule has 0 heterocycles. The summed E-state index contributed by atoms with van der Waals surface area (Å²) in [5, 5.41) is 0.424. The number of hydrogen-bond acceptors (Lipinski definition) is 2. The maximum Gasteiger partial charge on any atom is 0.153 e. The van der Waals surface area contributed by atoms with Crippen LogP contribution >= 0.6 is 11.6 Å². The number of halogens is 1. The van der Waals surface area contributed by atoms with Crippen molar-refractivity contribution in [3.05, 3.63) is 28.8 Å². The van der Waals surface area contributed by atoms with Gasteiger partial charge in [-0.3, -0.25) is 4.79 Å². The molecule has 2 nitrogen and oxygen atoms in total. The van der Waals surface area contributed by atoms with Gasteiger partial charge in [0.1, 0.15) is 12.4 Å². The number of para-hydroxylation sites is 1. The lowest BCUT2D eigenvalue weighted by molar-refractivity contribution is 0.112. The second-order valence-corrected chi connectivity index (χ2v) is 2.90. The monoisotopic (exact) mass is 208 g/mol. The largest absolute Gasteiger partial charge is 0.479 e. The van der Waals surface area contributed by atoms with E-state index in [0.717, 1.165) is 0 Å². The molecule has 0 spiro atoms. The standard InChI is InChI=1S/C11H9ClO2/c1-2-3-7-14-11-9(8-13)5-4-6-10(11)12/h4-6,8H,7H2,1H3. The fourth-order valence-corrected chi connectivity index (χ4v) is 1.19. The molecular formula is C11H9ClO2. The fourth-order valence-electron chi connectivity index (χ4n) is 0.951. The van der Waals surface area contributed by atoms with Crippen LogP contribution in [0.15, 0.2) is 18.2 Å². The Hall–Kier alpha value is -1.46. The highest BCUT2D eigenvalue weighted by molar-refractivity contribution is 6.32. The van der Waals surface area contributed by atoms with Crippen LogP contribution in [0.25, 0.3) is 0 Å². The maximum absolute atomic E-state index is 10.6. The van der Waals surface area contributed by atoms with E-state index in [1.165, 1.54) is 0 Å². The highest BCUT2D eigenvalue weighted by atomic mass is 35.5. The van der Waals surface area contributed by atoms with Gasteiger partial charge in [0.05, 0.1) is 10.6 Å². The Kier molecular flexibility index (Phi) is 4.03. The average Bonchev–Trinajstić information content (AvgIpc) is 2.20. The van der Waals surface area contributed by atoms with Crippen molar-refractivity contribution in [1.29, 1.82) is 0 Å². The molecule has 0 unspecified atom stereocenters. The van der Waals surface area contributed by atoms with Crippen molar-refractivity contribution in [2.24, 2.45) is 0 Å². The third-order valence-electron chi connectivity index (χ3n) is 1.59. The molecule has 1 aromatic carbocycles. The number of rotatable bonds is 3. The highest BCUT2D eigenvalue weighted by Crippen LogP contribution is 2.27. The van der Waals surface area contributed by atoms with Gasteiger partial charge in [-0.25, -0.2) is 0 Å². The summed E-state index contributed by atoms with van der Waals surface area (Å²) in [4.78, 5) is 10.6. The summed E-state index contributed by atoms with van der Waals surface area (Å²) in [6, 6.07) is 5.02. The van der Waals surface area contributed by atoms with Crippen molar-refractivity contribution in [1.82, 2.24) is 0 Å². The molecule has 0 aromatic heterocycles. The van der Waals surface area contributed by atoms with E-state index in [1.807, 2.05) is 0 Å². The van der Waals surface area contributed by atoms with Crippen molar-refractivity contribution >= 4 is 17.9 Å². The van der Waals surface area contributed by atoms with Gasteiger partial charge < -0.3 is 4.74 Å². The Morgan fingerprint density at radius 1 is 1.57 bits per heavy atom. The first-order valence-electron chi connectivity index (χ1n) is 4.05. The summed E-state index contributed by atoms with van der Waals surface area (Å²) in [5.74, 6) is 5.81. The van der Waals surface area contributed by atoms with Crippen molar-refractivity contribution in [2.75, 3.05) is 6.61 Å². The van der Waals surface area contributed by atoms with Crippen LogP contribution in [0.3, 0.4) is 0 Å². The van der Waals surface area contributed by atoms with E-state index < -0.39 is 0 Å². The molecule has 3 heteroatoms. The van der Waals surface area contributed by atoms with Gasteiger partial charge in [0, 0.05) is 0 Å². The van der Waals surface area contributed by atoms with Gasteiger partial charge in [-0.05, 0) is 19.1 Å². The molecule has 1 rings (SSSR count). The normalized spacial score (nSPS) is 8.71. The molecule has 0 amide bonds. The molecule has 0 bridgehead atoms. The Bertz CT molecular complexity index is 388. The lowest BCUT2D eigenvalue weighted by Gasteiger charge is -2.06. The Morgan fingerprint density at radius 3 is 3.00 bits per heavy atom. The van der Waals surface area contributed by atoms with Crippen LogP contribution in [-0.4, -0.2) is 12.9 Å². The fraction of sp³-hybridized carbons (Fsp3) is 0.182. The van der Waals surface area contributed by atoms with Gasteiger partial charge in [-0.15, -0.1) is 5.92 Å². The second kappa shape index (κ2) is 5.31. The van der Waals surface area contributed by atoms with E-state index in [-0.39, 0.29) is 6.61 Å². The van der Waals surface area contributed by atoms with Crippen molar-refractivity contribution < 1.29 is 9.53 Å². The summed E-state index contributed by atoms with van der Waals surface area (Å²) in [5.41, 5.74) is 0.440. The maximum atomic E-state index is 10.6. The molecule has 0 saturated carbocycles. The van der Waals surface area contributed by atoms with Gasteiger partial charge in [-0.2, -0.15) is 0 Å². The third kappa shape index (κ3) is 2.51. The molecule has 14 heavy (non-hydrogen) atoms. The number of hydrogen-bond donors (Lipinski definition) is 0. The minimum Gasteiger partial charge on any atom is -0.479 e. The summed E-state index contributed by atoms with van der Waals surface area (Å²) < 4.78 is 5.26. The molecule has 0 N–H and O–H groups in total. The molecule has 0 fully saturated rings. The van der Waals surface area contributed by atoms with Gasteiger partial charge >= 0.3 is 0 Å². The van der Waals surface area contributed by atoms with Crippen LogP contribution in [0.5, 0.6) is 5.75 Å². The molecule has 72 valence electrons. The lowest BCUT2D eigenvalue weighted by atomic mass is 10.2. The second-order valence-electron chi connectivity index (χ2n) is 2.49. The van der Waals surface area contributed by atoms with Gasteiger partial charge in [-0.1, -0.05) is 23.6 Å². The van der Waals surface area contributed by atoms with Crippen LogP contribution < -0.4 is 4.74 Å². The highest BCUT2D eigenvalue weighted by Gasteiger charge is 2.06. The van der Waals surface area contributed by atoms with E-state index in [0.29, 0.717) is 22.6 Å². The quantitative estimate of drug-likeness (QED) is 0.564. The van der Waals surface area contributed by atoms with Crippen molar-refractivity contribution in [3.63, 3.8) is 0 Å². The smallest absolute Gasteiger partial charge is 0.153 e. The SMILES string of the molecule is CC#CCOc1c(Cl)cccc1C=O. The molecule has 0 aliphatic rings. The van der Waals surface area contributed by atoms with Gasteiger partial charge in [0.25, 0.3) is 0 Å². The first-order chi connectivity index (χ1) is 6.79. The predicted molar refractivity (Wildman–Crippen MR) is 55.8 cm³/mol. The first kappa shape index (κ1) is 10.6. The third-order valence-corrected chi connectivity index (χ3v) is 1.89. The van der Waals surface area contributed by atoms with Crippen LogP contribution in [0, 0.1) is 11.8 Å². The minimum absolute atomic E-state index is 0.237. The molecule has 0 saturated heterocycles. The molecule has 0 aliphatic heterocycles. The molecule has 0 aliphatic carbocycles. The lowest BCUT2D eigenvalue weighted by Crippen LogP contribution is -1.98. The van der Waals surface area contributed by atoms with E-state index in [4.69, 9.17) is 16.3 Å². The summed E-state index contributed by atoms with van der Waals surface area (Å²) in [6.07, 6.45) is 0.709. The molecular weight excluding hydrogens is 200 g/mol. The van der Waals surface area contributed by atoms with E-state index in [1.54, 1.807) is 25.1 Å². The van der Waals surface area contributed by atoms with Crippen LogP contribution in [0.2, 0.25) is 5.02 Å². The van der Waals surface area contributed by atoms with Crippen LogP contribution in [-0.2, 0) is 0 Å². The zero-order chi connectivity index (χ0) is 10.4. The Balaban J connectivity index is 2.91. The minimum atomic E-state index is 0.237. The number of carbonyl (C=O) groups excluding carboxylic acids is 1. The summed E-state index contributed by atoms with van der Waals surface area (Å²) >= 11 is 5.86. The number of ether oxygens (including phenoxy) is 1. The van der Waals surface area contributed by atoms with Crippen LogP contribution in [0.1, 0.15) is 17.3 Å². The Morgan fingerprint density at radius 2 is 2.36 bits per heavy atom. The Labute approximate surface area is 87.8 Å². The number of benzene rings is 1. The van der Waals surface area contributed by atoms with Crippen LogP contribution in [0.4, 0.5) is 0 Å². The molecule has 1 aromatic rings. The zero-order valence-corrected chi connectivity index (χ0v) is 8.47. The summed E-state index contributed by atoms with van der Waals surface area (Å²) in [7, 11) is 0. The molecule has 0 atom stereocenters. The predicted octanol–water partition coefficient (Wildman–Crippen LogP) is 2.55. The van der Waals surface area contributed by atoms with Gasteiger partial charge in [0.15, 0.2) is 6.29 Å². The zero-order valence-electron chi connectivity index (χ0n) is 7.71. The number of carbonyl (C=O) groups is 1. The first-order valence-corrected chi connectivity index (χ1v) is 4.43. The average molecular weight is 209 g/mol. The summed E-state index contributed by atoms with van der Waals surface area (Å²) in [6.45, 7) is 1.96. The van der Waals surface area contributed by atoms with E-state index in [2.05, 4.69) is 11.8 Å². The topological polar surface area (TPSA) is 26.3 Å². The van der Waals surface area contributed by atoms with Crippen molar-refractivity contribution in [2.45, 2.75) is 6.92 Å². The van der Waals surface area contributed by atoms with Gasteiger partial charge in [0.2, 0.25) is 0 Å². The molecule has 0 radical (unpaired) electrons. The van der Waals surface area contributed by atoms with Crippen molar-refractivity contribution in [3.8, 4) is 17.6 Å². The number of aldehydes is 1.